The summed E-state index contributed by atoms with van der Waals surface area (Å²) in [5.41, 5.74) is 0.741. The van der Waals surface area contributed by atoms with Crippen LogP contribution in [0.25, 0.3) is 0 Å². The van der Waals surface area contributed by atoms with E-state index in [4.69, 9.17) is 0 Å². The second kappa shape index (κ2) is 11.0. The van der Waals surface area contributed by atoms with Gasteiger partial charge in [-0.2, -0.15) is 0 Å². The number of rotatable bonds is 4. The molecule has 0 aromatic heterocycles. The Morgan fingerprint density at radius 3 is 2.30 bits per heavy atom. The maximum Gasteiger partial charge on any atom is 0.243 e. The van der Waals surface area contributed by atoms with Crippen molar-refractivity contribution >= 4 is 47.2 Å². The third-order valence-corrected chi connectivity index (χ3v) is 4.63. The first-order valence-corrected chi connectivity index (χ1v) is 9.18. The lowest BCUT2D eigenvalue weighted by atomic mass is 10.2. The Hall–Kier alpha value is -2.50. The first kappa shape index (κ1) is 23.8. The van der Waals surface area contributed by atoms with Crippen molar-refractivity contribution in [3.63, 3.8) is 0 Å². The minimum absolute atomic E-state index is 0. The number of para-hydroxylation sites is 1. The van der Waals surface area contributed by atoms with Gasteiger partial charge >= 0.3 is 0 Å². The predicted octanol–water partition coefficient (Wildman–Crippen LogP) is 3.06. The maximum absolute atomic E-state index is 13.7. The van der Waals surface area contributed by atoms with E-state index in [0.717, 1.165) is 30.9 Å². The summed E-state index contributed by atoms with van der Waals surface area (Å²) < 4.78 is 39.9. The Bertz CT molecular complexity index is 890. The third kappa shape index (κ3) is 5.77. The number of benzene rings is 2. The van der Waals surface area contributed by atoms with Crippen LogP contribution in [0.5, 0.6) is 0 Å². The number of amides is 1. The van der Waals surface area contributed by atoms with Crippen molar-refractivity contribution in [1.82, 2.24) is 10.2 Å². The van der Waals surface area contributed by atoms with E-state index in [9.17, 15) is 18.0 Å². The summed E-state index contributed by atoms with van der Waals surface area (Å²) in [6.45, 7) is 2.85. The van der Waals surface area contributed by atoms with Crippen LogP contribution in [0.15, 0.2) is 47.5 Å². The third-order valence-electron chi connectivity index (χ3n) is 4.63. The van der Waals surface area contributed by atoms with Crippen LogP contribution in [0.4, 0.5) is 24.5 Å². The molecule has 1 aliphatic heterocycles. The van der Waals surface area contributed by atoms with E-state index in [-0.39, 0.29) is 30.5 Å². The van der Waals surface area contributed by atoms with E-state index >= 15 is 0 Å². The number of hydrogen-bond donors (Lipinski definition) is 2. The van der Waals surface area contributed by atoms with E-state index in [1.807, 2.05) is 23.1 Å². The predicted molar refractivity (Wildman–Crippen MR) is 122 cm³/mol. The molecule has 1 heterocycles. The Labute approximate surface area is 190 Å². The number of aliphatic imine (C=N–C) groups is 1. The molecule has 2 aromatic rings. The first-order chi connectivity index (χ1) is 14.0. The summed E-state index contributed by atoms with van der Waals surface area (Å²) in [7, 11) is 1.61. The molecule has 1 saturated heterocycles. The van der Waals surface area contributed by atoms with Crippen LogP contribution in [0, 0.1) is 17.5 Å². The van der Waals surface area contributed by atoms with Crippen LogP contribution in [0.1, 0.15) is 0 Å². The van der Waals surface area contributed by atoms with Gasteiger partial charge in [-0.05, 0) is 24.3 Å². The zero-order chi connectivity index (χ0) is 20.8. The van der Waals surface area contributed by atoms with Gasteiger partial charge in [0.15, 0.2) is 23.4 Å². The zero-order valence-electron chi connectivity index (χ0n) is 16.4. The van der Waals surface area contributed by atoms with Gasteiger partial charge in [-0.3, -0.25) is 9.79 Å². The number of hydrogen-bond acceptors (Lipinski definition) is 3. The smallest absolute Gasteiger partial charge is 0.243 e. The number of nitrogens with one attached hydrogen (secondary N) is 2. The van der Waals surface area contributed by atoms with Crippen LogP contribution in [0.3, 0.4) is 0 Å². The average molecular weight is 533 g/mol. The highest BCUT2D eigenvalue weighted by Crippen LogP contribution is 2.19. The van der Waals surface area contributed by atoms with Gasteiger partial charge in [-0.25, -0.2) is 13.2 Å². The molecule has 0 atom stereocenters. The Morgan fingerprint density at radius 1 is 1.00 bits per heavy atom. The van der Waals surface area contributed by atoms with Gasteiger partial charge in [0.2, 0.25) is 5.91 Å². The molecule has 3 rings (SSSR count). The van der Waals surface area contributed by atoms with E-state index in [0.29, 0.717) is 19.0 Å². The van der Waals surface area contributed by atoms with Crippen molar-refractivity contribution in [2.75, 3.05) is 50.0 Å². The lowest BCUT2D eigenvalue weighted by Gasteiger charge is -2.37. The molecule has 0 unspecified atom stereocenters. The van der Waals surface area contributed by atoms with Crippen molar-refractivity contribution in [2.45, 2.75) is 0 Å². The fourth-order valence-corrected chi connectivity index (χ4v) is 3.12. The molecular weight excluding hydrogens is 510 g/mol. The van der Waals surface area contributed by atoms with Crippen LogP contribution >= 0.6 is 24.0 Å². The maximum atomic E-state index is 13.7. The van der Waals surface area contributed by atoms with Gasteiger partial charge < -0.3 is 20.4 Å². The van der Waals surface area contributed by atoms with Gasteiger partial charge in [-0.1, -0.05) is 18.2 Å². The molecule has 30 heavy (non-hydrogen) atoms. The minimum Gasteiger partial charge on any atom is -0.368 e. The Balaban J connectivity index is 0.00000320. The van der Waals surface area contributed by atoms with Crippen LogP contribution in [0.2, 0.25) is 0 Å². The van der Waals surface area contributed by atoms with Crippen molar-refractivity contribution in [3.05, 3.63) is 59.9 Å². The first-order valence-electron chi connectivity index (χ1n) is 9.18. The molecule has 1 aliphatic rings. The second-order valence-corrected chi connectivity index (χ2v) is 6.48. The Kier molecular flexibility index (Phi) is 8.75. The highest BCUT2D eigenvalue weighted by Gasteiger charge is 2.20. The molecule has 1 fully saturated rings. The van der Waals surface area contributed by atoms with E-state index in [1.165, 1.54) is 0 Å². The van der Waals surface area contributed by atoms with E-state index in [1.54, 1.807) is 7.05 Å². The van der Waals surface area contributed by atoms with Gasteiger partial charge in [0, 0.05) is 38.9 Å². The van der Waals surface area contributed by atoms with Crippen molar-refractivity contribution in [1.29, 1.82) is 0 Å². The van der Waals surface area contributed by atoms with Crippen molar-refractivity contribution in [2.24, 2.45) is 4.99 Å². The fourth-order valence-electron chi connectivity index (χ4n) is 3.12. The molecule has 1 amide bonds. The van der Waals surface area contributed by atoms with Gasteiger partial charge in [-0.15, -0.1) is 24.0 Å². The number of piperazine rings is 1. The van der Waals surface area contributed by atoms with Crippen LogP contribution in [-0.2, 0) is 4.79 Å². The molecule has 162 valence electrons. The monoisotopic (exact) mass is 533 g/mol. The second-order valence-electron chi connectivity index (χ2n) is 6.48. The SMILES string of the molecule is CN=C(NCC(=O)Nc1ccc(F)c(F)c1F)N1CCN(c2ccccc2)CC1.I. The standard InChI is InChI=1S/C20H22F3N5O.HI/c1-24-20(28-11-9-27(10-12-28)14-5-3-2-4-6-14)25-13-17(29)26-16-8-7-15(21)18(22)19(16)23;/h2-8H,9-13H2,1H3,(H,24,25)(H,26,29);1H. The number of anilines is 2. The summed E-state index contributed by atoms with van der Waals surface area (Å²) in [4.78, 5) is 20.5. The topological polar surface area (TPSA) is 60.0 Å². The highest BCUT2D eigenvalue weighted by atomic mass is 127. The quantitative estimate of drug-likeness (QED) is 0.275. The van der Waals surface area contributed by atoms with Gasteiger partial charge in [0.1, 0.15) is 0 Å². The minimum atomic E-state index is -1.62. The molecular formula is C20H23F3IN5O. The van der Waals surface area contributed by atoms with E-state index < -0.39 is 29.0 Å². The number of carbonyl (C=O) groups excluding carboxylic acids is 1. The summed E-state index contributed by atoms with van der Waals surface area (Å²) >= 11 is 0. The molecule has 0 spiro atoms. The molecule has 2 aromatic carbocycles. The summed E-state index contributed by atoms with van der Waals surface area (Å²) in [5, 5.41) is 5.14. The normalized spacial score (nSPS) is 14.2. The molecule has 0 bridgehead atoms. The van der Waals surface area contributed by atoms with Crippen molar-refractivity contribution < 1.29 is 18.0 Å². The summed E-state index contributed by atoms with van der Waals surface area (Å²) in [5.74, 6) is -4.42. The number of guanidine groups is 1. The number of nitrogens with zero attached hydrogens (tertiary/aromatic N) is 3. The molecule has 0 saturated carbocycles. The summed E-state index contributed by atoms with van der Waals surface area (Å²) in [6, 6.07) is 11.8. The highest BCUT2D eigenvalue weighted by molar-refractivity contribution is 14.0. The van der Waals surface area contributed by atoms with Gasteiger partial charge in [0.25, 0.3) is 0 Å². The zero-order valence-corrected chi connectivity index (χ0v) is 18.7. The largest absolute Gasteiger partial charge is 0.368 e. The fraction of sp³-hybridized carbons (Fsp3) is 0.300. The van der Waals surface area contributed by atoms with Gasteiger partial charge in [0.05, 0.1) is 12.2 Å². The van der Waals surface area contributed by atoms with Crippen molar-refractivity contribution in [3.8, 4) is 0 Å². The lowest BCUT2D eigenvalue weighted by molar-refractivity contribution is -0.115. The molecule has 10 heteroatoms. The van der Waals surface area contributed by atoms with E-state index in [2.05, 4.69) is 32.7 Å². The lowest BCUT2D eigenvalue weighted by Crippen LogP contribution is -2.53. The summed E-state index contributed by atoms with van der Waals surface area (Å²) in [6.07, 6.45) is 0. The van der Waals surface area contributed by atoms with Crippen LogP contribution < -0.4 is 15.5 Å². The molecule has 0 radical (unpaired) electrons. The molecule has 6 nitrogen and oxygen atoms in total. The number of halogens is 4. The average Bonchev–Trinajstić information content (AvgIpc) is 2.75. The number of carbonyl (C=O) groups is 1. The molecule has 0 aliphatic carbocycles. The molecule has 2 N–H and O–H groups in total. The van der Waals surface area contributed by atoms with Crippen LogP contribution in [-0.4, -0.2) is 56.5 Å². The Morgan fingerprint density at radius 2 is 1.67 bits per heavy atom.